The lowest BCUT2D eigenvalue weighted by molar-refractivity contribution is 0.730. The molecule has 1 aliphatic rings. The summed E-state index contributed by atoms with van der Waals surface area (Å²) in [7, 11) is 1.85. The summed E-state index contributed by atoms with van der Waals surface area (Å²) in [5.41, 5.74) is -0.711. The van der Waals surface area contributed by atoms with Gasteiger partial charge < -0.3 is 4.90 Å². The Kier molecular flexibility index (Phi) is 1.80. The highest BCUT2D eigenvalue weighted by atomic mass is 79.9. The lowest BCUT2D eigenvalue weighted by atomic mass is 10.5. The van der Waals surface area contributed by atoms with Crippen LogP contribution in [0, 0.1) is 0 Å². The third kappa shape index (κ3) is 1.13. The molecule has 0 bridgehead atoms. The molecular weight excluding hydrogens is 238 g/mol. The van der Waals surface area contributed by atoms with E-state index in [1.165, 1.54) is 0 Å². The summed E-state index contributed by atoms with van der Waals surface area (Å²) < 4.78 is 1.97. The number of nitrogens with zero attached hydrogens (tertiary/aromatic N) is 2. The molecule has 0 spiro atoms. The fourth-order valence-corrected chi connectivity index (χ4v) is 2.09. The van der Waals surface area contributed by atoms with Crippen molar-refractivity contribution in [1.29, 1.82) is 0 Å². The second-order valence-electron chi connectivity index (χ2n) is 2.97. The van der Waals surface area contributed by atoms with Crippen molar-refractivity contribution < 1.29 is 0 Å². The smallest absolute Gasteiger partial charge is 0.330 e. The minimum atomic E-state index is -0.370. The Morgan fingerprint density at radius 3 is 2.77 bits per heavy atom. The third-order valence-electron chi connectivity index (χ3n) is 2.14. The first-order chi connectivity index (χ1) is 6.11. The van der Waals surface area contributed by atoms with Gasteiger partial charge in [-0.1, -0.05) is 0 Å². The molecule has 1 N–H and O–H groups in total. The van der Waals surface area contributed by atoms with E-state index in [4.69, 9.17) is 0 Å². The number of rotatable bonds is 0. The van der Waals surface area contributed by atoms with E-state index in [-0.39, 0.29) is 11.2 Å². The number of fused-ring (bicyclic) bond motifs is 1. The van der Waals surface area contributed by atoms with Crippen LogP contribution in [-0.4, -0.2) is 23.1 Å². The van der Waals surface area contributed by atoms with E-state index in [0.717, 1.165) is 6.54 Å². The van der Waals surface area contributed by atoms with E-state index in [1.54, 1.807) is 4.57 Å². The number of halogens is 1. The first kappa shape index (κ1) is 8.55. The molecule has 0 atom stereocenters. The monoisotopic (exact) mass is 245 g/mol. The highest BCUT2D eigenvalue weighted by Crippen LogP contribution is 2.23. The zero-order valence-corrected chi connectivity index (χ0v) is 8.59. The van der Waals surface area contributed by atoms with Gasteiger partial charge >= 0.3 is 5.69 Å². The molecule has 6 heteroatoms. The molecular formula is C7H8BrN3O2. The maximum absolute atomic E-state index is 11.3. The average Bonchev–Trinajstić information content (AvgIpc) is 2.44. The Bertz CT molecular complexity index is 462. The van der Waals surface area contributed by atoms with E-state index in [2.05, 4.69) is 20.9 Å². The van der Waals surface area contributed by atoms with Gasteiger partial charge in [0, 0.05) is 20.1 Å². The van der Waals surface area contributed by atoms with Crippen molar-refractivity contribution in [3.05, 3.63) is 25.3 Å². The maximum Gasteiger partial charge on any atom is 0.330 e. The number of aromatic amines is 1. The average molecular weight is 246 g/mol. The van der Waals surface area contributed by atoms with Gasteiger partial charge in [0.05, 0.1) is 0 Å². The molecule has 1 aromatic rings. The molecule has 13 heavy (non-hydrogen) atoms. The summed E-state index contributed by atoms with van der Waals surface area (Å²) in [5, 5.41) is 0. The second kappa shape index (κ2) is 2.73. The molecule has 0 amide bonds. The van der Waals surface area contributed by atoms with Crippen molar-refractivity contribution in [3.8, 4) is 0 Å². The predicted octanol–water partition coefficient (Wildman–Crippen LogP) is -0.251. The van der Waals surface area contributed by atoms with Gasteiger partial charge in [-0.15, -0.1) is 0 Å². The van der Waals surface area contributed by atoms with Gasteiger partial charge in [-0.2, -0.15) is 0 Å². The van der Waals surface area contributed by atoms with Crippen molar-refractivity contribution in [2.24, 2.45) is 0 Å². The minimum absolute atomic E-state index is 0.340. The number of likely N-dealkylation sites (N-methyl/N-ethyl adjacent to an activating group) is 1. The van der Waals surface area contributed by atoms with Crippen LogP contribution in [-0.2, 0) is 6.54 Å². The summed E-state index contributed by atoms with van der Waals surface area (Å²) in [5.74, 6) is 0.661. The Hall–Kier alpha value is -1.04. The Morgan fingerprint density at radius 1 is 1.38 bits per heavy atom. The van der Waals surface area contributed by atoms with Crippen LogP contribution in [0.25, 0.3) is 0 Å². The lowest BCUT2D eigenvalue weighted by Gasteiger charge is -2.11. The second-order valence-corrected chi connectivity index (χ2v) is 3.76. The molecule has 0 saturated heterocycles. The molecule has 0 aliphatic carbocycles. The largest absolute Gasteiger partial charge is 0.358 e. The first-order valence-electron chi connectivity index (χ1n) is 3.85. The van der Waals surface area contributed by atoms with Crippen LogP contribution in [0.4, 0.5) is 5.82 Å². The highest BCUT2D eigenvalue weighted by Gasteiger charge is 2.21. The van der Waals surface area contributed by atoms with Crippen LogP contribution >= 0.6 is 15.9 Å². The van der Waals surface area contributed by atoms with E-state index in [1.807, 2.05) is 11.9 Å². The molecule has 5 nitrogen and oxygen atoms in total. The maximum atomic E-state index is 11.3. The lowest BCUT2D eigenvalue weighted by Crippen LogP contribution is -2.29. The van der Waals surface area contributed by atoms with Crippen LogP contribution in [0.3, 0.4) is 0 Å². The number of hydrogen-bond donors (Lipinski definition) is 1. The topological polar surface area (TPSA) is 58.1 Å². The molecule has 2 rings (SSSR count). The number of nitrogens with one attached hydrogen (secondary N) is 1. The summed E-state index contributed by atoms with van der Waals surface area (Å²) in [4.78, 5) is 26.6. The zero-order valence-electron chi connectivity index (χ0n) is 7.00. The Balaban J connectivity index is 2.86. The molecule has 0 unspecified atom stereocenters. The van der Waals surface area contributed by atoms with E-state index < -0.39 is 0 Å². The van der Waals surface area contributed by atoms with Crippen LogP contribution in [0.2, 0.25) is 0 Å². The van der Waals surface area contributed by atoms with Gasteiger partial charge in [-0.05, 0) is 15.9 Å². The molecule has 0 radical (unpaired) electrons. The molecule has 70 valence electrons. The molecule has 0 fully saturated rings. The standard InChI is InChI=1S/C7H8BrN3O2/c1-10-2-3-11-6(10)4(8)5(12)9-7(11)13/h2-3H2,1H3,(H,9,12,13). The number of aromatic nitrogens is 2. The van der Waals surface area contributed by atoms with Crippen LogP contribution < -0.4 is 16.1 Å². The summed E-state index contributed by atoms with van der Waals surface area (Å²) in [6, 6.07) is 0. The zero-order chi connectivity index (χ0) is 9.59. The third-order valence-corrected chi connectivity index (χ3v) is 2.85. The normalized spacial score (nSPS) is 14.8. The van der Waals surface area contributed by atoms with Gasteiger partial charge in [0.25, 0.3) is 5.56 Å². The highest BCUT2D eigenvalue weighted by molar-refractivity contribution is 9.10. The Morgan fingerprint density at radius 2 is 2.08 bits per heavy atom. The summed E-state index contributed by atoms with van der Waals surface area (Å²) in [6.07, 6.45) is 0. The minimum Gasteiger partial charge on any atom is -0.358 e. The van der Waals surface area contributed by atoms with Gasteiger partial charge in [0.1, 0.15) is 10.3 Å². The van der Waals surface area contributed by atoms with Crippen LogP contribution in [0.1, 0.15) is 0 Å². The van der Waals surface area contributed by atoms with Crippen molar-refractivity contribution in [3.63, 3.8) is 0 Å². The molecule has 1 aliphatic heterocycles. The van der Waals surface area contributed by atoms with Crippen molar-refractivity contribution in [2.75, 3.05) is 18.5 Å². The quantitative estimate of drug-likeness (QED) is 0.686. The van der Waals surface area contributed by atoms with Crippen molar-refractivity contribution >= 4 is 21.7 Å². The molecule has 2 heterocycles. The van der Waals surface area contributed by atoms with E-state index in [0.29, 0.717) is 16.8 Å². The number of anilines is 1. The van der Waals surface area contributed by atoms with Crippen molar-refractivity contribution in [1.82, 2.24) is 9.55 Å². The summed E-state index contributed by atoms with van der Waals surface area (Å²) in [6.45, 7) is 1.38. The van der Waals surface area contributed by atoms with E-state index in [9.17, 15) is 9.59 Å². The molecule has 0 aromatic carbocycles. The molecule has 1 aromatic heterocycles. The fourth-order valence-electron chi connectivity index (χ4n) is 1.47. The van der Waals surface area contributed by atoms with Crippen LogP contribution in [0.15, 0.2) is 14.1 Å². The van der Waals surface area contributed by atoms with E-state index >= 15 is 0 Å². The van der Waals surface area contributed by atoms with Gasteiger partial charge in [-0.25, -0.2) is 4.79 Å². The first-order valence-corrected chi connectivity index (χ1v) is 4.64. The summed E-state index contributed by atoms with van der Waals surface area (Å²) >= 11 is 3.16. The van der Waals surface area contributed by atoms with Gasteiger partial charge in [0.15, 0.2) is 0 Å². The molecule has 0 saturated carbocycles. The number of H-pyrrole nitrogens is 1. The number of hydrogen-bond acceptors (Lipinski definition) is 3. The van der Waals surface area contributed by atoms with Crippen molar-refractivity contribution in [2.45, 2.75) is 6.54 Å². The van der Waals surface area contributed by atoms with Crippen LogP contribution in [0.5, 0.6) is 0 Å². The SMILES string of the molecule is CN1CCn2c1c(Br)c(=O)[nH]c2=O. The Labute approximate surface area is 82.1 Å². The van der Waals surface area contributed by atoms with Gasteiger partial charge in [-0.3, -0.25) is 14.3 Å². The predicted molar refractivity (Wildman–Crippen MR) is 52.3 cm³/mol. The van der Waals surface area contributed by atoms with Gasteiger partial charge in [0.2, 0.25) is 0 Å². The fraction of sp³-hybridized carbons (Fsp3) is 0.429.